The maximum absolute atomic E-state index is 14.5. The zero-order valence-electron chi connectivity index (χ0n) is 22.1. The predicted octanol–water partition coefficient (Wildman–Crippen LogP) is 7.42. The molecule has 0 aliphatic heterocycles. The number of anilines is 2. The van der Waals surface area contributed by atoms with Crippen LogP contribution in [0.1, 0.15) is 25.1 Å². The van der Waals surface area contributed by atoms with E-state index in [2.05, 4.69) is 23.7 Å². The molecule has 0 amide bonds. The Morgan fingerprint density at radius 2 is 1.62 bits per heavy atom. The van der Waals surface area contributed by atoms with Gasteiger partial charge < -0.3 is 5.11 Å². The zero-order valence-corrected chi connectivity index (χ0v) is 23.7. The molecule has 0 atom stereocenters. The van der Waals surface area contributed by atoms with E-state index in [0.717, 1.165) is 23.9 Å². The first-order chi connectivity index (χ1) is 18.7. The number of pyridine rings is 1. The molecule has 0 spiro atoms. The highest BCUT2D eigenvalue weighted by atomic mass is 35.5. The summed E-state index contributed by atoms with van der Waals surface area (Å²) >= 11 is 6.27. The molecule has 0 unspecified atom stereocenters. The van der Waals surface area contributed by atoms with Gasteiger partial charge in [-0.25, -0.2) is 12.7 Å². The second-order valence-electron chi connectivity index (χ2n) is 9.50. The number of aryl methyl sites for hydroxylation is 1. The van der Waals surface area contributed by atoms with Crippen LogP contribution in [0.5, 0.6) is 5.75 Å². The number of sulfonamides is 1. The molecule has 39 heavy (non-hydrogen) atoms. The van der Waals surface area contributed by atoms with Gasteiger partial charge in [-0.05, 0) is 85.4 Å². The number of benzene rings is 4. The molecule has 5 aromatic rings. The Hall–Kier alpha value is -3.65. The number of phenols is 1. The number of aromatic nitrogens is 1. The van der Waals surface area contributed by atoms with Gasteiger partial charge in [0.1, 0.15) is 5.75 Å². The van der Waals surface area contributed by atoms with Crippen molar-refractivity contribution in [1.82, 2.24) is 9.88 Å². The van der Waals surface area contributed by atoms with Crippen LogP contribution < -0.4 is 4.31 Å². The molecule has 200 valence electrons. The lowest BCUT2D eigenvalue weighted by molar-refractivity contribution is 0.291. The average molecular weight is 560 g/mol. The zero-order chi connectivity index (χ0) is 27.7. The van der Waals surface area contributed by atoms with Crippen LogP contribution in [-0.4, -0.2) is 36.5 Å². The summed E-state index contributed by atoms with van der Waals surface area (Å²) in [7, 11) is -4.11. The number of halogens is 1. The molecule has 1 heterocycles. The van der Waals surface area contributed by atoms with Crippen LogP contribution in [0.3, 0.4) is 0 Å². The monoisotopic (exact) mass is 559 g/mol. The van der Waals surface area contributed by atoms with Crippen molar-refractivity contribution in [1.29, 1.82) is 0 Å². The molecule has 4 aromatic carbocycles. The first kappa shape index (κ1) is 26.9. The summed E-state index contributed by atoms with van der Waals surface area (Å²) in [6.07, 6.45) is 0. The first-order valence-corrected chi connectivity index (χ1v) is 14.7. The third-order valence-corrected chi connectivity index (χ3v) is 8.92. The molecule has 6 nitrogen and oxygen atoms in total. The molecule has 0 bridgehead atoms. The Labute approximate surface area is 234 Å². The number of rotatable bonds is 8. The van der Waals surface area contributed by atoms with Crippen LogP contribution in [0.2, 0.25) is 5.02 Å². The fourth-order valence-electron chi connectivity index (χ4n) is 4.83. The summed E-state index contributed by atoms with van der Waals surface area (Å²) in [5, 5.41) is 13.6. The van der Waals surface area contributed by atoms with Crippen LogP contribution in [0.15, 0.2) is 89.8 Å². The summed E-state index contributed by atoms with van der Waals surface area (Å²) in [6, 6.07) is 24.8. The summed E-state index contributed by atoms with van der Waals surface area (Å²) in [4.78, 5) is 6.93. The van der Waals surface area contributed by atoms with Gasteiger partial charge in [0.2, 0.25) is 0 Å². The number of phenolic OH excluding ortho intramolecular Hbond substituents is 1. The van der Waals surface area contributed by atoms with Crippen LogP contribution >= 0.6 is 11.6 Å². The summed E-state index contributed by atoms with van der Waals surface area (Å²) in [5.74, 6) is 0.122. The van der Waals surface area contributed by atoms with Crippen LogP contribution in [0, 0.1) is 6.92 Å². The molecule has 0 fully saturated rings. The fourth-order valence-corrected chi connectivity index (χ4v) is 6.53. The highest BCUT2D eigenvalue weighted by Gasteiger charge is 2.30. The van der Waals surface area contributed by atoms with Crippen LogP contribution in [0.25, 0.3) is 21.7 Å². The Kier molecular flexibility index (Phi) is 7.49. The topological polar surface area (TPSA) is 73.7 Å². The minimum Gasteiger partial charge on any atom is -0.508 e. The number of aromatic hydroxyl groups is 1. The van der Waals surface area contributed by atoms with E-state index in [0.29, 0.717) is 45.1 Å². The van der Waals surface area contributed by atoms with E-state index in [9.17, 15) is 13.5 Å². The number of fused-ring (bicyclic) bond motifs is 2. The highest BCUT2D eigenvalue weighted by Crippen LogP contribution is 2.40. The largest absolute Gasteiger partial charge is 0.508 e. The van der Waals surface area contributed by atoms with Crippen molar-refractivity contribution in [2.24, 2.45) is 0 Å². The van der Waals surface area contributed by atoms with E-state index >= 15 is 0 Å². The minimum absolute atomic E-state index is 0.122. The quantitative estimate of drug-likeness (QED) is 0.214. The third kappa shape index (κ3) is 5.30. The minimum atomic E-state index is -4.11. The molecule has 0 saturated carbocycles. The van der Waals surface area contributed by atoms with Gasteiger partial charge >= 0.3 is 0 Å². The van der Waals surface area contributed by atoms with Gasteiger partial charge in [0, 0.05) is 28.2 Å². The molecule has 1 aromatic heterocycles. The number of hydrogen-bond acceptors (Lipinski definition) is 5. The lowest BCUT2D eigenvalue weighted by atomic mass is 10.1. The van der Waals surface area contributed by atoms with Gasteiger partial charge in [-0.1, -0.05) is 55.8 Å². The molecule has 8 heteroatoms. The first-order valence-electron chi connectivity index (χ1n) is 12.9. The molecule has 0 aliphatic rings. The van der Waals surface area contributed by atoms with E-state index in [-0.39, 0.29) is 10.6 Å². The molecule has 0 radical (unpaired) electrons. The maximum atomic E-state index is 14.5. The van der Waals surface area contributed by atoms with E-state index in [1.165, 1.54) is 4.31 Å². The smallest absolute Gasteiger partial charge is 0.268 e. The van der Waals surface area contributed by atoms with Gasteiger partial charge in [-0.15, -0.1) is 0 Å². The van der Waals surface area contributed by atoms with Crippen molar-refractivity contribution in [3.8, 4) is 5.75 Å². The van der Waals surface area contributed by atoms with Gasteiger partial charge in [-0.3, -0.25) is 9.88 Å². The highest BCUT2D eigenvalue weighted by molar-refractivity contribution is 7.93. The standard InChI is InChI=1S/C31H30ClN3O3S/c1-4-34(5-2)20-24-17-26(12-15-31(24)36)35(30-16-21(3)33-29-19-25(32)11-14-28(29)30)39(37,38)27-13-10-22-8-6-7-9-23(22)18-27/h6-19,36H,4-5,20H2,1-3H3. The Morgan fingerprint density at radius 1 is 0.872 bits per heavy atom. The SMILES string of the molecule is CCN(CC)Cc1cc(N(c2cc(C)nc3cc(Cl)ccc23)S(=O)(=O)c2ccc3ccccc3c2)ccc1O. The van der Waals surface area contributed by atoms with E-state index in [1.54, 1.807) is 54.6 Å². The van der Waals surface area contributed by atoms with Gasteiger partial charge in [0.05, 0.1) is 21.8 Å². The molecule has 0 saturated heterocycles. The second-order valence-corrected chi connectivity index (χ2v) is 11.7. The van der Waals surface area contributed by atoms with E-state index in [4.69, 9.17) is 11.6 Å². The van der Waals surface area contributed by atoms with Gasteiger partial charge in [0.25, 0.3) is 10.0 Å². The van der Waals surface area contributed by atoms with Crippen molar-refractivity contribution < 1.29 is 13.5 Å². The molecule has 0 aliphatic carbocycles. The molecule has 5 rings (SSSR count). The third-order valence-electron chi connectivity index (χ3n) is 6.94. The molecular formula is C31H30ClN3O3S. The summed E-state index contributed by atoms with van der Waals surface area (Å²) in [5.41, 5.74) is 2.78. The van der Waals surface area contributed by atoms with Crippen LogP contribution in [-0.2, 0) is 16.6 Å². The fraction of sp³-hybridized carbons (Fsp3) is 0.194. The normalized spacial score (nSPS) is 11.9. The van der Waals surface area contributed by atoms with E-state index in [1.807, 2.05) is 37.3 Å². The Balaban J connectivity index is 1.77. The van der Waals surface area contributed by atoms with E-state index < -0.39 is 10.0 Å². The van der Waals surface area contributed by atoms with Gasteiger partial charge in [-0.2, -0.15) is 0 Å². The maximum Gasteiger partial charge on any atom is 0.268 e. The summed E-state index contributed by atoms with van der Waals surface area (Å²) in [6.45, 7) is 8.02. The number of hydrogen-bond donors (Lipinski definition) is 1. The van der Waals surface area contributed by atoms with Gasteiger partial charge in [0.15, 0.2) is 0 Å². The lowest BCUT2D eigenvalue weighted by Gasteiger charge is -2.27. The summed E-state index contributed by atoms with van der Waals surface area (Å²) < 4.78 is 30.4. The molecule has 1 N–H and O–H groups in total. The second kappa shape index (κ2) is 10.8. The predicted molar refractivity (Wildman–Crippen MR) is 159 cm³/mol. The Bertz CT molecular complexity index is 1780. The lowest BCUT2D eigenvalue weighted by Crippen LogP contribution is -2.27. The molecular weight excluding hydrogens is 530 g/mol. The average Bonchev–Trinajstić information content (AvgIpc) is 2.92. The van der Waals surface area contributed by atoms with Crippen molar-refractivity contribution in [3.05, 3.63) is 101 Å². The Morgan fingerprint density at radius 3 is 2.36 bits per heavy atom. The van der Waals surface area contributed by atoms with Crippen molar-refractivity contribution in [3.63, 3.8) is 0 Å². The van der Waals surface area contributed by atoms with Crippen molar-refractivity contribution >= 4 is 54.7 Å². The van der Waals surface area contributed by atoms with Crippen LogP contribution in [0.4, 0.5) is 11.4 Å². The number of nitrogens with zero attached hydrogens (tertiary/aromatic N) is 3. The van der Waals surface area contributed by atoms with Crippen molar-refractivity contribution in [2.75, 3.05) is 17.4 Å². The van der Waals surface area contributed by atoms with Crippen molar-refractivity contribution in [2.45, 2.75) is 32.2 Å².